The molecule has 0 spiro atoms. The summed E-state index contributed by atoms with van der Waals surface area (Å²) in [5.74, 6) is -0.837. The number of amides is 2. The van der Waals surface area contributed by atoms with Crippen molar-refractivity contribution in [2.45, 2.75) is 37.3 Å². The number of hydrogen-bond donors (Lipinski definition) is 6. The van der Waals surface area contributed by atoms with Crippen LogP contribution in [0.5, 0.6) is 0 Å². The number of nitrogens with two attached hydrogens (primary N) is 2. The van der Waals surface area contributed by atoms with Gasteiger partial charge in [0.1, 0.15) is 0 Å². The zero-order valence-corrected chi connectivity index (χ0v) is 44.4. The van der Waals surface area contributed by atoms with Crippen LogP contribution in [0.1, 0.15) is 12.8 Å². The molecule has 0 bridgehead atoms. The van der Waals surface area contributed by atoms with Crippen LogP contribution in [0.15, 0.2) is 0 Å². The molecule has 0 aliphatic rings. The van der Waals surface area contributed by atoms with E-state index in [2.05, 4.69) is 71.1 Å². The summed E-state index contributed by atoms with van der Waals surface area (Å²) in [5, 5.41) is 35.5. The first-order valence-corrected chi connectivity index (χ1v) is 11.6. The van der Waals surface area contributed by atoms with Gasteiger partial charge in [0, 0.05) is 52.5 Å². The molecule has 0 aromatic rings. The zero-order valence-electron chi connectivity index (χ0n) is 25.2. The first-order chi connectivity index (χ1) is 18.9. The SMILES string of the molecule is [CH2-]OCC(O)COCCC(N)=O.[CH2-]OCC(O)COCCC(N)=O.[CH2-]OCC(O)CO[CH2-].[CH2-]OCC(O)CO[CH2-].[Rf].[Rf].[Rf]. The largest absolute Gasteiger partial charge is 0.553 e. The molecule has 2 amide bonds. The van der Waals surface area contributed by atoms with Crippen molar-refractivity contribution < 1.29 is 67.9 Å². The van der Waals surface area contributed by atoms with E-state index >= 15 is 0 Å². The number of rotatable bonds is 22. The molecule has 0 aromatic heterocycles. The topological polar surface area (TPSA) is 241 Å². The molecule has 250 valence electrons. The number of hydrogen-bond acceptors (Lipinski definition) is 14. The quantitative estimate of drug-likeness (QED) is 0.0510. The molecule has 19 heteroatoms. The second kappa shape index (κ2) is 44.5. The van der Waals surface area contributed by atoms with Crippen LogP contribution in [-0.4, -0.2) is 123 Å². The summed E-state index contributed by atoms with van der Waals surface area (Å²) in [6.45, 7) is 1.71. The molecule has 0 radical (unpaired) electrons. The molecule has 2 unspecified atom stereocenters. The number of aliphatic hydroxyl groups is 4. The fourth-order valence-corrected chi connectivity index (χ4v) is 1.79. The normalized spacial score (nSPS) is 11.1. The molecule has 0 aliphatic heterocycles. The molecule has 2 atom stereocenters. The third kappa shape index (κ3) is 62.5. The van der Waals surface area contributed by atoms with E-state index in [9.17, 15) is 9.59 Å². The van der Waals surface area contributed by atoms with Gasteiger partial charge in [-0.05, 0) is 0 Å². The molecule has 0 aliphatic carbocycles. The summed E-state index contributed by atoms with van der Waals surface area (Å²) >= 11 is 0. The van der Waals surface area contributed by atoms with Crippen molar-refractivity contribution >= 4 is 11.8 Å². The summed E-state index contributed by atoms with van der Waals surface area (Å²) in [5.41, 5.74) is 9.70. The van der Waals surface area contributed by atoms with Gasteiger partial charge in [-0.25, -0.2) is 42.7 Å². The Morgan fingerprint density at radius 2 is 0.651 bits per heavy atom. The van der Waals surface area contributed by atoms with E-state index in [1.807, 2.05) is 0 Å². The van der Waals surface area contributed by atoms with Crippen molar-refractivity contribution in [2.75, 3.05) is 66.1 Å². The Balaban J connectivity index is -0.0000000799. The van der Waals surface area contributed by atoms with Crippen molar-refractivity contribution in [3.63, 3.8) is 0 Å². The first-order valence-electron chi connectivity index (χ1n) is 11.6. The van der Waals surface area contributed by atoms with Crippen LogP contribution in [0.3, 0.4) is 0 Å². The molecule has 8 N–H and O–H groups in total. The molecule has 0 aromatic carbocycles. The number of ether oxygens (including phenoxy) is 8. The Labute approximate surface area is 237 Å². The van der Waals surface area contributed by atoms with E-state index in [1.54, 1.807) is 0 Å². The molecular weight excluding hydrogens is 1340 g/mol. The minimum absolute atomic E-state index is 0. The summed E-state index contributed by atoms with van der Waals surface area (Å²) in [6.07, 6.45) is -2.28. The second-order valence-electron chi connectivity index (χ2n) is 7.42. The van der Waals surface area contributed by atoms with Gasteiger partial charge in [-0.1, -0.05) is 0 Å². The molecule has 43 heavy (non-hydrogen) atoms. The van der Waals surface area contributed by atoms with E-state index in [-0.39, 0.29) is 78.9 Å². The van der Waals surface area contributed by atoms with Crippen molar-refractivity contribution in [3.8, 4) is 0 Å². The Hall–Kier alpha value is -4.54. The number of primary amides is 2. The zero-order chi connectivity index (χ0) is 31.6. The average Bonchev–Trinajstić information content (AvgIpc) is 2.87. The Bertz CT molecular complexity index is 480. The second-order valence-corrected chi connectivity index (χ2v) is 7.42. The van der Waals surface area contributed by atoms with Gasteiger partial charge < -0.3 is 69.8 Å². The van der Waals surface area contributed by atoms with Crippen LogP contribution in [0.25, 0.3) is 0 Å². The molecule has 16 nitrogen and oxygen atoms in total. The third-order valence-corrected chi connectivity index (χ3v) is 3.47. The van der Waals surface area contributed by atoms with E-state index in [0.29, 0.717) is 0 Å². The number of carbonyl (C=O) groups is 2. The van der Waals surface area contributed by atoms with Gasteiger partial charge in [-0.15, -0.1) is 0 Å². The number of carbonyl (C=O) groups excluding carboxylic acids is 2. The standard InChI is InChI=1S/2C7H14NO4.2C5H10O3.3Rf/c2*1-11-4-6(9)5-12-3-2-7(8)10;2*1-7-3-5(6)4-8-2;;;/h2*6,9H,1-5H2,(H2,8,10);2*5-6H,1-4H2;;;/q2*-1;2*-2;;;. The smallest absolute Gasteiger partial charge is 0.219 e. The fourth-order valence-electron chi connectivity index (χ4n) is 1.79. The maximum absolute atomic E-state index is 10.2. The molecule has 0 fully saturated rings. The van der Waals surface area contributed by atoms with Crippen LogP contribution >= 0.6 is 0 Å². The Kier molecular flexibility index (Phi) is 56.4. The van der Waals surface area contributed by atoms with Gasteiger partial charge >= 0.3 is 0 Å². The summed E-state index contributed by atoms with van der Waals surface area (Å²) in [6, 6.07) is 0. The van der Waals surface area contributed by atoms with Crippen molar-refractivity contribution in [3.05, 3.63) is 42.7 Å². The summed E-state index contributed by atoms with van der Waals surface area (Å²) < 4.78 is 36.0. The minimum Gasteiger partial charge on any atom is -0.553 e. The van der Waals surface area contributed by atoms with E-state index in [4.69, 9.17) is 41.4 Å². The predicted molar refractivity (Wildman–Crippen MR) is 141 cm³/mol. The van der Waals surface area contributed by atoms with Crippen LogP contribution in [0.2, 0.25) is 0 Å². The number of aliphatic hydroxyl groups excluding tert-OH is 4. The maximum Gasteiger partial charge on any atom is 0.219 e. The Morgan fingerprint density at radius 3 is 0.814 bits per heavy atom. The van der Waals surface area contributed by atoms with E-state index in [1.165, 1.54) is 0 Å². The monoisotopic (exact) mass is 1390 g/mol. The molecule has 0 saturated heterocycles. The molecule has 0 rings (SSSR count). The fraction of sp³-hybridized carbons (Fsp3) is 0.667. The summed E-state index contributed by atoms with van der Waals surface area (Å²) in [4.78, 5) is 20.4. The molecular formula is C24H48N2O14Rf3-6. The van der Waals surface area contributed by atoms with Crippen LogP contribution < -0.4 is 11.5 Å². The maximum atomic E-state index is 10.2. The predicted octanol–water partition coefficient (Wildman–Crippen LogP) is -1.98. The van der Waals surface area contributed by atoms with Crippen molar-refractivity contribution in [1.82, 2.24) is 0 Å². The van der Waals surface area contributed by atoms with Crippen LogP contribution in [0, 0.1) is 42.7 Å². The molecule has 0 saturated carbocycles. The van der Waals surface area contributed by atoms with Gasteiger partial charge in [-0.2, -0.15) is 0 Å². The molecule has 0 heterocycles. The van der Waals surface area contributed by atoms with Crippen LogP contribution in [0.4, 0.5) is 0 Å². The minimum atomic E-state index is -0.699. The van der Waals surface area contributed by atoms with E-state index in [0.717, 1.165) is 0 Å². The van der Waals surface area contributed by atoms with Gasteiger partial charge in [0.05, 0.1) is 50.8 Å². The third-order valence-electron chi connectivity index (χ3n) is 3.47. The van der Waals surface area contributed by atoms with Crippen molar-refractivity contribution in [2.24, 2.45) is 11.5 Å². The Morgan fingerprint density at radius 1 is 0.465 bits per heavy atom. The summed E-state index contributed by atoms with van der Waals surface area (Å²) in [7, 11) is 18.5. The van der Waals surface area contributed by atoms with Gasteiger partial charge in [0.15, 0.2) is 0 Å². The van der Waals surface area contributed by atoms with Crippen molar-refractivity contribution in [1.29, 1.82) is 0 Å². The average molecular weight is 1390 g/mol. The van der Waals surface area contributed by atoms with Crippen LogP contribution in [-0.2, 0) is 47.5 Å². The van der Waals surface area contributed by atoms with E-state index < -0.39 is 36.2 Å². The first kappa shape index (κ1) is 54.5. The van der Waals surface area contributed by atoms with Gasteiger partial charge in [0.2, 0.25) is 11.8 Å². The van der Waals surface area contributed by atoms with Gasteiger partial charge in [-0.3, -0.25) is 9.59 Å². The van der Waals surface area contributed by atoms with Gasteiger partial charge in [0.25, 0.3) is 0 Å².